The summed E-state index contributed by atoms with van der Waals surface area (Å²) in [5, 5.41) is 1.77. The minimum Gasteiger partial charge on any atom is -0.241 e. The lowest BCUT2D eigenvalue weighted by Gasteiger charge is -2.09. The quantitative estimate of drug-likeness (QED) is 0.557. The average Bonchev–Trinajstić information content (AvgIpc) is 2.83. The molecular weight excluding hydrogens is 309 g/mol. The van der Waals surface area contributed by atoms with Crippen LogP contribution >= 0.6 is 34.5 Å². The molecule has 0 aliphatic carbocycles. The Morgan fingerprint density at radius 1 is 1.20 bits per heavy atom. The lowest BCUT2D eigenvalue weighted by Crippen LogP contribution is -1.96. The number of halogens is 2. The summed E-state index contributed by atoms with van der Waals surface area (Å²) in [5.41, 5.74) is 3.19. The Morgan fingerprint density at radius 3 is 2.75 bits per heavy atom. The van der Waals surface area contributed by atoms with Crippen molar-refractivity contribution in [3.63, 3.8) is 0 Å². The maximum absolute atomic E-state index is 6.52. The standard InChI is InChI=1S/C16H13Cl2NS/c1-10-8-11(6-7-12(10)17)13(18)9-16-19-14-4-2-3-5-15(14)20-16/h2-8,13H,9H2,1H3. The van der Waals surface area contributed by atoms with Crippen molar-refractivity contribution in [3.05, 3.63) is 63.6 Å². The minimum atomic E-state index is -0.0773. The number of alkyl halides is 1. The number of aromatic nitrogens is 1. The predicted molar refractivity (Wildman–Crippen MR) is 88.1 cm³/mol. The molecule has 2 aromatic carbocycles. The summed E-state index contributed by atoms with van der Waals surface area (Å²) in [6.07, 6.45) is 0.738. The van der Waals surface area contributed by atoms with Crippen LogP contribution in [0.4, 0.5) is 0 Å². The van der Waals surface area contributed by atoms with Gasteiger partial charge in [0.1, 0.15) is 0 Å². The highest BCUT2D eigenvalue weighted by Gasteiger charge is 2.13. The lowest BCUT2D eigenvalue weighted by molar-refractivity contribution is 0.909. The third kappa shape index (κ3) is 2.83. The van der Waals surface area contributed by atoms with E-state index in [-0.39, 0.29) is 5.38 Å². The van der Waals surface area contributed by atoms with Gasteiger partial charge in [0.05, 0.1) is 20.6 Å². The topological polar surface area (TPSA) is 12.9 Å². The van der Waals surface area contributed by atoms with Gasteiger partial charge in [-0.1, -0.05) is 35.9 Å². The molecule has 1 atom stereocenters. The summed E-state index contributed by atoms with van der Waals surface area (Å²) in [7, 11) is 0. The van der Waals surface area contributed by atoms with Crippen LogP contribution in [0.25, 0.3) is 10.2 Å². The molecule has 0 N–H and O–H groups in total. The number of benzene rings is 2. The van der Waals surface area contributed by atoms with Gasteiger partial charge < -0.3 is 0 Å². The number of fused-ring (bicyclic) bond motifs is 1. The van der Waals surface area contributed by atoms with E-state index in [4.69, 9.17) is 23.2 Å². The van der Waals surface area contributed by atoms with Gasteiger partial charge in [0, 0.05) is 11.4 Å². The van der Waals surface area contributed by atoms with Crippen LogP contribution < -0.4 is 0 Å². The van der Waals surface area contributed by atoms with Crippen molar-refractivity contribution in [2.75, 3.05) is 0 Å². The molecule has 3 aromatic rings. The average molecular weight is 322 g/mol. The zero-order valence-electron chi connectivity index (χ0n) is 10.9. The van der Waals surface area contributed by atoms with Gasteiger partial charge in [-0.15, -0.1) is 22.9 Å². The fraction of sp³-hybridized carbons (Fsp3) is 0.188. The van der Waals surface area contributed by atoms with Crippen molar-refractivity contribution >= 4 is 44.8 Å². The molecule has 3 rings (SSSR count). The van der Waals surface area contributed by atoms with Gasteiger partial charge in [0.25, 0.3) is 0 Å². The molecule has 4 heteroatoms. The second-order valence-electron chi connectivity index (χ2n) is 4.76. The molecule has 0 saturated heterocycles. The Kier molecular flexibility index (Phi) is 3.97. The molecule has 0 bridgehead atoms. The van der Waals surface area contributed by atoms with Crippen molar-refractivity contribution in [3.8, 4) is 0 Å². The van der Waals surface area contributed by atoms with Gasteiger partial charge in [-0.3, -0.25) is 0 Å². The van der Waals surface area contributed by atoms with Crippen molar-refractivity contribution in [2.24, 2.45) is 0 Å². The van der Waals surface area contributed by atoms with Crippen LogP contribution in [0, 0.1) is 6.92 Å². The van der Waals surface area contributed by atoms with Crippen LogP contribution in [-0.2, 0) is 6.42 Å². The van der Waals surface area contributed by atoms with E-state index in [1.165, 1.54) is 4.70 Å². The highest BCUT2D eigenvalue weighted by Crippen LogP contribution is 2.31. The molecule has 1 unspecified atom stereocenters. The summed E-state index contributed by atoms with van der Waals surface area (Å²) in [4.78, 5) is 4.63. The predicted octanol–water partition coefficient (Wildman–Crippen LogP) is 5.78. The van der Waals surface area contributed by atoms with Gasteiger partial charge in [-0.2, -0.15) is 0 Å². The van der Waals surface area contributed by atoms with E-state index in [1.807, 2.05) is 43.3 Å². The fourth-order valence-electron chi connectivity index (χ4n) is 2.14. The SMILES string of the molecule is Cc1cc(C(Cl)Cc2nc3ccccc3s2)ccc1Cl. The first-order valence-corrected chi connectivity index (χ1v) is 8.01. The molecular formula is C16H13Cl2NS. The zero-order valence-corrected chi connectivity index (χ0v) is 13.3. The Morgan fingerprint density at radius 2 is 2.00 bits per heavy atom. The van der Waals surface area contributed by atoms with Gasteiger partial charge in [-0.25, -0.2) is 4.98 Å². The van der Waals surface area contributed by atoms with E-state index in [9.17, 15) is 0 Å². The smallest absolute Gasteiger partial charge is 0.0956 e. The highest BCUT2D eigenvalue weighted by atomic mass is 35.5. The maximum Gasteiger partial charge on any atom is 0.0956 e. The van der Waals surface area contributed by atoms with E-state index in [0.29, 0.717) is 0 Å². The summed E-state index contributed by atoms with van der Waals surface area (Å²) >= 11 is 14.3. The molecule has 0 aliphatic rings. The van der Waals surface area contributed by atoms with Crippen LogP contribution in [0.1, 0.15) is 21.5 Å². The van der Waals surface area contributed by atoms with Crippen LogP contribution in [0.5, 0.6) is 0 Å². The summed E-state index contributed by atoms with van der Waals surface area (Å²) in [6, 6.07) is 14.1. The summed E-state index contributed by atoms with van der Waals surface area (Å²) in [5.74, 6) is 0. The number of rotatable bonds is 3. The molecule has 0 spiro atoms. The molecule has 0 fully saturated rings. The minimum absolute atomic E-state index is 0.0773. The van der Waals surface area contributed by atoms with Gasteiger partial charge >= 0.3 is 0 Å². The number of aryl methyl sites for hydroxylation is 1. The van der Waals surface area contributed by atoms with Crippen LogP contribution in [0.15, 0.2) is 42.5 Å². The number of nitrogens with zero attached hydrogens (tertiary/aromatic N) is 1. The molecule has 0 radical (unpaired) electrons. The molecule has 1 nitrogen and oxygen atoms in total. The maximum atomic E-state index is 6.52. The number of hydrogen-bond donors (Lipinski definition) is 0. The van der Waals surface area contributed by atoms with E-state index in [2.05, 4.69) is 11.1 Å². The van der Waals surface area contributed by atoms with E-state index in [1.54, 1.807) is 11.3 Å². The van der Waals surface area contributed by atoms with Crippen LogP contribution in [-0.4, -0.2) is 4.98 Å². The second-order valence-corrected chi connectivity index (χ2v) is 6.80. The molecule has 0 amide bonds. The Balaban J connectivity index is 1.84. The molecule has 0 saturated carbocycles. The van der Waals surface area contributed by atoms with E-state index in [0.717, 1.165) is 33.1 Å². The van der Waals surface area contributed by atoms with E-state index < -0.39 is 0 Å². The van der Waals surface area contributed by atoms with Crippen LogP contribution in [0.3, 0.4) is 0 Å². The number of hydrogen-bond acceptors (Lipinski definition) is 2. The van der Waals surface area contributed by atoms with E-state index >= 15 is 0 Å². The molecule has 20 heavy (non-hydrogen) atoms. The van der Waals surface area contributed by atoms with Crippen molar-refractivity contribution in [2.45, 2.75) is 18.7 Å². The third-order valence-electron chi connectivity index (χ3n) is 3.24. The largest absolute Gasteiger partial charge is 0.241 e. The fourth-order valence-corrected chi connectivity index (χ4v) is 3.64. The Bertz CT molecular complexity index is 718. The van der Waals surface area contributed by atoms with Gasteiger partial charge in [0.2, 0.25) is 0 Å². The van der Waals surface area contributed by atoms with Crippen molar-refractivity contribution in [1.82, 2.24) is 4.98 Å². The normalized spacial score (nSPS) is 12.8. The monoisotopic (exact) mass is 321 g/mol. The first-order valence-electron chi connectivity index (χ1n) is 6.38. The van der Waals surface area contributed by atoms with Crippen molar-refractivity contribution in [1.29, 1.82) is 0 Å². The van der Waals surface area contributed by atoms with Crippen LogP contribution in [0.2, 0.25) is 5.02 Å². The second kappa shape index (κ2) is 5.72. The Hall–Kier alpha value is -1.09. The molecule has 0 aliphatic heterocycles. The lowest BCUT2D eigenvalue weighted by atomic mass is 10.1. The third-order valence-corrected chi connectivity index (χ3v) is 5.12. The zero-order chi connectivity index (χ0) is 14.1. The highest BCUT2D eigenvalue weighted by molar-refractivity contribution is 7.18. The Labute approximate surface area is 132 Å². The molecule has 1 aromatic heterocycles. The van der Waals surface area contributed by atoms with Gasteiger partial charge in [-0.05, 0) is 36.2 Å². The molecule has 102 valence electrons. The first-order chi connectivity index (χ1) is 9.63. The number of para-hydroxylation sites is 1. The summed E-state index contributed by atoms with van der Waals surface area (Å²) in [6.45, 7) is 1.99. The summed E-state index contributed by atoms with van der Waals surface area (Å²) < 4.78 is 1.21. The molecule has 1 heterocycles. The number of thiazole rings is 1. The first kappa shape index (κ1) is 13.9. The van der Waals surface area contributed by atoms with Crippen molar-refractivity contribution < 1.29 is 0 Å². The van der Waals surface area contributed by atoms with Gasteiger partial charge in [0.15, 0.2) is 0 Å².